The largest absolute Gasteiger partial charge is 0.497 e. The third-order valence-corrected chi connectivity index (χ3v) is 4.05. The van der Waals surface area contributed by atoms with Crippen LogP contribution in [0.15, 0.2) is 60.8 Å². The molecule has 0 bridgehead atoms. The maximum atomic E-state index is 12.5. The Labute approximate surface area is 150 Å². The van der Waals surface area contributed by atoms with E-state index in [2.05, 4.69) is 20.6 Å². The zero-order valence-electron chi connectivity index (χ0n) is 14.1. The second-order valence-electron chi connectivity index (χ2n) is 5.73. The molecule has 26 heavy (non-hydrogen) atoms. The van der Waals surface area contributed by atoms with Gasteiger partial charge in [0.05, 0.1) is 12.8 Å². The van der Waals surface area contributed by atoms with Crippen LogP contribution in [-0.2, 0) is 6.54 Å². The van der Waals surface area contributed by atoms with Crippen molar-refractivity contribution in [3.63, 3.8) is 0 Å². The van der Waals surface area contributed by atoms with Gasteiger partial charge in [0.25, 0.3) is 0 Å². The topological polar surface area (TPSA) is 79.4 Å². The van der Waals surface area contributed by atoms with E-state index in [0.717, 1.165) is 17.0 Å². The maximum Gasteiger partial charge on any atom is 0.327 e. The van der Waals surface area contributed by atoms with Gasteiger partial charge in [-0.1, -0.05) is 18.2 Å². The van der Waals surface area contributed by atoms with E-state index in [1.807, 2.05) is 42.5 Å². The summed E-state index contributed by atoms with van der Waals surface area (Å²) in [5, 5.41) is 6.00. The number of nitrogens with zero attached hydrogens (tertiary/aromatic N) is 3. The number of methoxy groups -OCH3 is 1. The fraction of sp³-hybridized carbons (Fsp3) is 0.105. The number of benzene rings is 2. The van der Waals surface area contributed by atoms with E-state index in [9.17, 15) is 4.79 Å². The van der Waals surface area contributed by atoms with Gasteiger partial charge in [-0.05, 0) is 36.4 Å². The summed E-state index contributed by atoms with van der Waals surface area (Å²) in [6, 6.07) is 16.7. The molecule has 0 fully saturated rings. The molecule has 0 unspecified atom stereocenters. The molecule has 7 nitrogen and oxygen atoms in total. The molecule has 0 radical (unpaired) electrons. The van der Waals surface area contributed by atoms with E-state index in [1.165, 1.54) is 4.90 Å². The van der Waals surface area contributed by atoms with Crippen LogP contribution in [-0.4, -0.2) is 23.1 Å². The summed E-state index contributed by atoms with van der Waals surface area (Å²) in [7, 11) is 1.60. The molecule has 2 N–H and O–H groups in total. The fourth-order valence-electron chi connectivity index (χ4n) is 2.74. The van der Waals surface area contributed by atoms with Gasteiger partial charge in [-0.3, -0.25) is 0 Å². The van der Waals surface area contributed by atoms with Crippen LogP contribution >= 0.6 is 0 Å². The molecule has 1 aliphatic rings. The third-order valence-electron chi connectivity index (χ3n) is 4.05. The molecule has 4 rings (SSSR count). The Bertz CT molecular complexity index is 928. The minimum absolute atomic E-state index is 0.230. The first-order valence-electron chi connectivity index (χ1n) is 8.14. The highest BCUT2D eigenvalue weighted by Crippen LogP contribution is 2.31. The Morgan fingerprint density at radius 2 is 1.88 bits per heavy atom. The molecule has 7 heteroatoms. The predicted octanol–water partition coefficient (Wildman–Crippen LogP) is 3.59. The van der Waals surface area contributed by atoms with Gasteiger partial charge >= 0.3 is 6.03 Å². The van der Waals surface area contributed by atoms with Crippen molar-refractivity contribution in [2.24, 2.45) is 0 Å². The van der Waals surface area contributed by atoms with Crippen LogP contribution in [0.2, 0.25) is 0 Å². The van der Waals surface area contributed by atoms with E-state index >= 15 is 0 Å². The normalized spacial score (nSPS) is 13.0. The first-order valence-corrected chi connectivity index (χ1v) is 8.14. The van der Waals surface area contributed by atoms with Crippen molar-refractivity contribution in [3.8, 4) is 5.75 Å². The zero-order chi connectivity index (χ0) is 17.9. The van der Waals surface area contributed by atoms with Gasteiger partial charge in [0.1, 0.15) is 5.75 Å². The summed E-state index contributed by atoms with van der Waals surface area (Å²) in [5.41, 5.74) is 2.43. The summed E-state index contributed by atoms with van der Waals surface area (Å²) in [6.07, 6.45) is 1.73. The van der Waals surface area contributed by atoms with Crippen LogP contribution < -0.4 is 20.3 Å². The van der Waals surface area contributed by atoms with Crippen LogP contribution in [0.5, 0.6) is 5.75 Å². The molecular formula is C19H17N5O2. The average Bonchev–Trinajstić information content (AvgIpc) is 2.69. The number of rotatable bonds is 4. The standard InChI is InChI=1S/C19H17N5O2/c1-26-16-9-7-15(8-10-16)24-17-13(12-21-19(24)25)11-20-18(23-17)22-14-5-3-2-4-6-14/h2-11H,12H2,1H3,(H,21,25)(H,20,22,23). The Kier molecular flexibility index (Phi) is 4.10. The number of hydrogen-bond donors (Lipinski definition) is 2. The molecule has 2 aromatic carbocycles. The fourth-order valence-corrected chi connectivity index (χ4v) is 2.74. The summed E-state index contributed by atoms with van der Waals surface area (Å²) < 4.78 is 5.18. The highest BCUT2D eigenvalue weighted by Gasteiger charge is 2.27. The van der Waals surface area contributed by atoms with E-state index < -0.39 is 0 Å². The number of aromatic nitrogens is 2. The summed E-state index contributed by atoms with van der Waals surface area (Å²) in [6.45, 7) is 0.395. The molecule has 0 saturated heterocycles. The van der Waals surface area contributed by atoms with Crippen LogP contribution in [0, 0.1) is 0 Å². The van der Waals surface area contributed by atoms with Crippen LogP contribution in [0.1, 0.15) is 5.56 Å². The maximum absolute atomic E-state index is 12.5. The number of carbonyl (C=O) groups is 1. The summed E-state index contributed by atoms with van der Waals surface area (Å²) in [4.78, 5) is 22.9. The van der Waals surface area contributed by atoms with E-state index in [4.69, 9.17) is 4.74 Å². The molecule has 130 valence electrons. The average molecular weight is 347 g/mol. The van der Waals surface area contributed by atoms with Gasteiger partial charge in [-0.2, -0.15) is 4.98 Å². The minimum atomic E-state index is -0.230. The number of fused-ring (bicyclic) bond motifs is 1. The third kappa shape index (κ3) is 3.02. The Morgan fingerprint density at radius 3 is 2.62 bits per heavy atom. The lowest BCUT2D eigenvalue weighted by Crippen LogP contribution is -2.41. The monoisotopic (exact) mass is 347 g/mol. The lowest BCUT2D eigenvalue weighted by Gasteiger charge is -2.29. The van der Waals surface area contributed by atoms with Crippen molar-refractivity contribution in [1.82, 2.24) is 15.3 Å². The molecule has 0 atom stereocenters. The number of hydrogen-bond acceptors (Lipinski definition) is 5. The molecular weight excluding hydrogens is 330 g/mol. The highest BCUT2D eigenvalue weighted by molar-refractivity contribution is 6.00. The highest BCUT2D eigenvalue weighted by atomic mass is 16.5. The molecule has 3 aromatic rings. The van der Waals surface area contributed by atoms with Gasteiger partial charge in [0.2, 0.25) is 5.95 Å². The Hall–Kier alpha value is -3.61. The second kappa shape index (κ2) is 6.72. The van der Waals surface area contributed by atoms with E-state index in [1.54, 1.807) is 25.4 Å². The molecule has 2 amide bonds. The number of anilines is 4. The van der Waals surface area contributed by atoms with E-state index in [0.29, 0.717) is 24.0 Å². The van der Waals surface area contributed by atoms with Gasteiger partial charge < -0.3 is 15.4 Å². The lowest BCUT2D eigenvalue weighted by molar-refractivity contribution is 0.247. The van der Waals surface area contributed by atoms with Crippen molar-refractivity contribution in [3.05, 3.63) is 66.4 Å². The Morgan fingerprint density at radius 1 is 1.12 bits per heavy atom. The van der Waals surface area contributed by atoms with E-state index in [-0.39, 0.29) is 6.03 Å². The SMILES string of the molecule is COc1ccc(N2C(=O)NCc3cnc(Nc4ccccc4)nc32)cc1. The second-order valence-corrected chi connectivity index (χ2v) is 5.73. The van der Waals surface area contributed by atoms with Gasteiger partial charge in [-0.25, -0.2) is 14.7 Å². The molecule has 1 aliphatic heterocycles. The first kappa shape index (κ1) is 15.9. The number of amides is 2. The summed E-state index contributed by atoms with van der Waals surface area (Å²) >= 11 is 0. The van der Waals surface area contributed by atoms with Crippen molar-refractivity contribution in [2.75, 3.05) is 17.3 Å². The quantitative estimate of drug-likeness (QED) is 0.754. The molecule has 0 aliphatic carbocycles. The van der Waals surface area contributed by atoms with Crippen LogP contribution in [0.4, 0.5) is 27.9 Å². The first-order chi connectivity index (χ1) is 12.7. The van der Waals surface area contributed by atoms with Crippen molar-refractivity contribution in [1.29, 1.82) is 0 Å². The minimum Gasteiger partial charge on any atom is -0.497 e. The van der Waals surface area contributed by atoms with Gasteiger partial charge in [0.15, 0.2) is 5.82 Å². The number of nitrogens with one attached hydrogen (secondary N) is 2. The Balaban J connectivity index is 1.71. The lowest BCUT2D eigenvalue weighted by atomic mass is 10.2. The van der Waals surface area contributed by atoms with Crippen LogP contribution in [0.3, 0.4) is 0 Å². The zero-order valence-corrected chi connectivity index (χ0v) is 14.1. The number of carbonyl (C=O) groups excluding carboxylic acids is 1. The van der Waals surface area contributed by atoms with Gasteiger partial charge in [-0.15, -0.1) is 0 Å². The molecule has 0 saturated carbocycles. The van der Waals surface area contributed by atoms with Crippen molar-refractivity contribution >= 4 is 29.2 Å². The number of ether oxygens (including phenoxy) is 1. The molecule has 1 aromatic heterocycles. The molecule has 0 spiro atoms. The number of urea groups is 1. The van der Waals surface area contributed by atoms with Crippen molar-refractivity contribution in [2.45, 2.75) is 6.54 Å². The number of para-hydroxylation sites is 1. The summed E-state index contributed by atoms with van der Waals surface area (Å²) in [5.74, 6) is 1.72. The van der Waals surface area contributed by atoms with Crippen LogP contribution in [0.25, 0.3) is 0 Å². The smallest absolute Gasteiger partial charge is 0.327 e. The molecule has 2 heterocycles. The predicted molar refractivity (Wildman–Crippen MR) is 99.1 cm³/mol. The van der Waals surface area contributed by atoms with Gasteiger partial charge in [0, 0.05) is 24.0 Å². The van der Waals surface area contributed by atoms with Crippen molar-refractivity contribution < 1.29 is 9.53 Å².